The lowest BCUT2D eigenvalue weighted by molar-refractivity contribution is -0.385. The SMILES string of the molecule is O=[N+]([O-])c1cc(Br)ccc1OCCN1CCCCC1. The summed E-state index contributed by atoms with van der Waals surface area (Å²) in [4.78, 5) is 12.9. The zero-order valence-corrected chi connectivity index (χ0v) is 12.3. The van der Waals surface area contributed by atoms with E-state index in [1.54, 1.807) is 12.1 Å². The van der Waals surface area contributed by atoms with E-state index in [0.717, 1.165) is 19.6 Å². The molecule has 0 bridgehead atoms. The minimum atomic E-state index is -0.416. The molecule has 1 aromatic rings. The molecule has 0 spiro atoms. The Morgan fingerprint density at radius 3 is 2.74 bits per heavy atom. The van der Waals surface area contributed by atoms with E-state index >= 15 is 0 Å². The van der Waals surface area contributed by atoms with E-state index in [1.807, 2.05) is 0 Å². The maximum Gasteiger partial charge on any atom is 0.312 e. The normalized spacial score (nSPS) is 16.3. The van der Waals surface area contributed by atoms with E-state index in [2.05, 4.69) is 20.8 Å². The molecule has 0 N–H and O–H groups in total. The van der Waals surface area contributed by atoms with Gasteiger partial charge in [0.15, 0.2) is 5.75 Å². The Morgan fingerprint density at radius 2 is 2.05 bits per heavy atom. The van der Waals surface area contributed by atoms with E-state index in [-0.39, 0.29) is 5.69 Å². The van der Waals surface area contributed by atoms with Crippen molar-refractivity contribution < 1.29 is 9.66 Å². The summed E-state index contributed by atoms with van der Waals surface area (Å²) in [6.07, 6.45) is 3.77. The van der Waals surface area contributed by atoms with Crippen LogP contribution in [0.5, 0.6) is 5.75 Å². The molecule has 0 atom stereocenters. The lowest BCUT2D eigenvalue weighted by atomic mass is 10.1. The second-order valence-corrected chi connectivity index (χ2v) is 5.54. The molecule has 0 saturated carbocycles. The highest BCUT2D eigenvalue weighted by atomic mass is 79.9. The highest BCUT2D eigenvalue weighted by Gasteiger charge is 2.16. The van der Waals surface area contributed by atoms with Crippen LogP contribution in [0.1, 0.15) is 19.3 Å². The van der Waals surface area contributed by atoms with Crippen molar-refractivity contribution in [2.75, 3.05) is 26.2 Å². The van der Waals surface area contributed by atoms with Crippen LogP contribution >= 0.6 is 15.9 Å². The first-order valence-corrected chi connectivity index (χ1v) is 7.25. The first-order valence-electron chi connectivity index (χ1n) is 6.46. The third-order valence-corrected chi connectivity index (χ3v) is 3.72. The Kier molecular flexibility index (Phi) is 5.15. The maximum atomic E-state index is 10.9. The second-order valence-electron chi connectivity index (χ2n) is 4.62. The molecule has 0 amide bonds. The molecule has 6 heteroatoms. The summed E-state index contributed by atoms with van der Waals surface area (Å²) >= 11 is 3.23. The first kappa shape index (κ1) is 14.3. The van der Waals surface area contributed by atoms with Crippen molar-refractivity contribution in [3.63, 3.8) is 0 Å². The molecule has 5 nitrogen and oxygen atoms in total. The van der Waals surface area contributed by atoms with Crippen molar-refractivity contribution in [1.29, 1.82) is 0 Å². The number of hydrogen-bond acceptors (Lipinski definition) is 4. The van der Waals surface area contributed by atoms with Gasteiger partial charge < -0.3 is 4.74 Å². The predicted octanol–water partition coefficient (Wildman–Crippen LogP) is 3.22. The molecule has 0 aromatic heterocycles. The topological polar surface area (TPSA) is 55.6 Å². The number of benzene rings is 1. The molecule has 1 aliphatic rings. The van der Waals surface area contributed by atoms with Gasteiger partial charge in [0.2, 0.25) is 0 Å². The minimum Gasteiger partial charge on any atom is -0.485 e. The largest absolute Gasteiger partial charge is 0.485 e. The lowest BCUT2D eigenvalue weighted by Gasteiger charge is -2.26. The van der Waals surface area contributed by atoms with E-state index in [1.165, 1.54) is 25.3 Å². The van der Waals surface area contributed by atoms with Crippen molar-refractivity contribution in [1.82, 2.24) is 4.90 Å². The third kappa shape index (κ3) is 4.18. The van der Waals surface area contributed by atoms with Gasteiger partial charge >= 0.3 is 5.69 Å². The average Bonchev–Trinajstić information content (AvgIpc) is 2.41. The second kappa shape index (κ2) is 6.86. The maximum absolute atomic E-state index is 10.9. The van der Waals surface area contributed by atoms with Gasteiger partial charge in [0.1, 0.15) is 6.61 Å². The molecule has 1 saturated heterocycles. The molecular weight excluding hydrogens is 312 g/mol. The van der Waals surface area contributed by atoms with Crippen LogP contribution in [0.4, 0.5) is 5.69 Å². The molecule has 0 unspecified atom stereocenters. The first-order chi connectivity index (χ1) is 9.16. The summed E-state index contributed by atoms with van der Waals surface area (Å²) in [6, 6.07) is 4.86. The molecule has 1 heterocycles. The van der Waals surface area contributed by atoms with E-state index in [9.17, 15) is 10.1 Å². The Balaban J connectivity index is 1.89. The predicted molar refractivity (Wildman–Crippen MR) is 76.6 cm³/mol. The van der Waals surface area contributed by atoms with Gasteiger partial charge in [0, 0.05) is 17.1 Å². The quantitative estimate of drug-likeness (QED) is 0.615. The average molecular weight is 329 g/mol. The molecule has 19 heavy (non-hydrogen) atoms. The number of nitro groups is 1. The summed E-state index contributed by atoms with van der Waals surface area (Å²) < 4.78 is 6.23. The van der Waals surface area contributed by atoms with E-state index in [4.69, 9.17) is 4.74 Å². The van der Waals surface area contributed by atoms with Gasteiger partial charge in [-0.2, -0.15) is 0 Å². The molecule has 0 aliphatic carbocycles. The van der Waals surface area contributed by atoms with Gasteiger partial charge in [-0.3, -0.25) is 15.0 Å². The number of rotatable bonds is 5. The highest BCUT2D eigenvalue weighted by Crippen LogP contribution is 2.30. The Labute approximate surface area is 120 Å². The van der Waals surface area contributed by atoms with Crippen molar-refractivity contribution in [2.24, 2.45) is 0 Å². The van der Waals surface area contributed by atoms with Crippen LogP contribution in [0.2, 0.25) is 0 Å². The standard InChI is InChI=1S/C13H17BrN2O3/c14-11-4-5-13(12(10-11)16(17)18)19-9-8-15-6-2-1-3-7-15/h4-5,10H,1-3,6-9H2. The van der Waals surface area contributed by atoms with Gasteiger partial charge in [0.05, 0.1) is 4.92 Å². The smallest absolute Gasteiger partial charge is 0.312 e. The van der Waals surface area contributed by atoms with Gasteiger partial charge in [-0.05, 0) is 38.1 Å². The number of nitro benzene ring substituents is 1. The molecule has 1 aromatic carbocycles. The number of likely N-dealkylation sites (tertiary alicyclic amines) is 1. The molecular formula is C13H17BrN2O3. The number of halogens is 1. The van der Waals surface area contributed by atoms with Crippen LogP contribution in [0, 0.1) is 10.1 Å². The summed E-state index contributed by atoms with van der Waals surface area (Å²) in [6.45, 7) is 3.52. The lowest BCUT2D eigenvalue weighted by Crippen LogP contribution is -2.33. The Bertz CT molecular complexity index is 448. The van der Waals surface area contributed by atoms with Crippen molar-refractivity contribution in [2.45, 2.75) is 19.3 Å². The van der Waals surface area contributed by atoms with Crippen molar-refractivity contribution in [3.8, 4) is 5.75 Å². The van der Waals surface area contributed by atoms with Crippen molar-refractivity contribution >= 4 is 21.6 Å². The van der Waals surface area contributed by atoms with Gasteiger partial charge in [0.25, 0.3) is 0 Å². The zero-order valence-electron chi connectivity index (χ0n) is 10.7. The molecule has 1 fully saturated rings. The molecule has 104 valence electrons. The molecule has 0 radical (unpaired) electrons. The van der Waals surface area contributed by atoms with E-state index < -0.39 is 4.92 Å². The fourth-order valence-electron chi connectivity index (χ4n) is 2.22. The van der Waals surface area contributed by atoms with Gasteiger partial charge in [-0.1, -0.05) is 22.4 Å². The van der Waals surface area contributed by atoms with Crippen molar-refractivity contribution in [3.05, 3.63) is 32.8 Å². The summed E-state index contributed by atoms with van der Waals surface area (Å²) in [5.41, 5.74) is 0.00743. The van der Waals surface area contributed by atoms with Crippen LogP contribution in [0.25, 0.3) is 0 Å². The summed E-state index contributed by atoms with van der Waals surface area (Å²) in [5.74, 6) is 0.338. The number of ether oxygens (including phenoxy) is 1. The van der Waals surface area contributed by atoms with Crippen LogP contribution in [-0.4, -0.2) is 36.1 Å². The molecule has 1 aliphatic heterocycles. The fourth-order valence-corrected chi connectivity index (χ4v) is 2.57. The minimum absolute atomic E-state index is 0.00743. The molecule has 2 rings (SSSR count). The van der Waals surface area contributed by atoms with Crippen LogP contribution in [0.15, 0.2) is 22.7 Å². The van der Waals surface area contributed by atoms with Crippen LogP contribution in [-0.2, 0) is 0 Å². The summed E-state index contributed by atoms with van der Waals surface area (Å²) in [7, 11) is 0. The van der Waals surface area contributed by atoms with E-state index in [0.29, 0.717) is 16.8 Å². The number of nitrogens with zero attached hydrogens (tertiary/aromatic N) is 2. The summed E-state index contributed by atoms with van der Waals surface area (Å²) in [5, 5.41) is 10.9. The zero-order chi connectivity index (χ0) is 13.7. The highest BCUT2D eigenvalue weighted by molar-refractivity contribution is 9.10. The monoisotopic (exact) mass is 328 g/mol. The Hall–Kier alpha value is -1.14. The fraction of sp³-hybridized carbons (Fsp3) is 0.538. The number of piperidine rings is 1. The van der Waals surface area contributed by atoms with Gasteiger partial charge in [-0.15, -0.1) is 0 Å². The Morgan fingerprint density at radius 1 is 1.32 bits per heavy atom. The van der Waals surface area contributed by atoms with Crippen LogP contribution < -0.4 is 4.74 Å². The van der Waals surface area contributed by atoms with Gasteiger partial charge in [-0.25, -0.2) is 0 Å². The third-order valence-electron chi connectivity index (χ3n) is 3.23. The van der Waals surface area contributed by atoms with Crippen LogP contribution in [0.3, 0.4) is 0 Å². The number of hydrogen-bond donors (Lipinski definition) is 0.